The van der Waals surface area contributed by atoms with Gasteiger partial charge in [0.2, 0.25) is 31.0 Å². The van der Waals surface area contributed by atoms with Crippen molar-refractivity contribution in [3.63, 3.8) is 0 Å². The van der Waals surface area contributed by atoms with E-state index < -0.39 is 24.1 Å². The molecule has 21 nitrogen and oxygen atoms in total. The number of carboxylic acid groups (broad SMARTS) is 1. The Bertz CT molecular complexity index is 4570. The van der Waals surface area contributed by atoms with Crippen molar-refractivity contribution >= 4 is 31.0 Å². The third-order valence-corrected chi connectivity index (χ3v) is 16.5. The minimum Gasteiger partial charge on any atom is -0.497 e. The average molecular weight is 1410 g/mol. The van der Waals surface area contributed by atoms with Crippen LogP contribution < -0.4 is 46.4 Å². The predicted octanol–water partition coefficient (Wildman–Crippen LogP) is 13.4. The monoisotopic (exact) mass is 1410 g/mol. The number of nitrogens with one attached hydrogen (secondary N) is 3. The molecule has 105 heavy (non-hydrogen) atoms. The normalized spacial score (nSPS) is 12.1. The molecule has 6 unspecified atom stereocenters. The van der Waals surface area contributed by atoms with Crippen LogP contribution in [0.15, 0.2) is 288 Å². The number of aromatic nitrogens is 2. The van der Waals surface area contributed by atoms with Crippen LogP contribution in [-0.2, 0) is 24.0 Å². The van der Waals surface area contributed by atoms with Gasteiger partial charge in [0.15, 0.2) is 11.8 Å². The standard InChI is InChI=1S/C21H17NO3.C19H21NO4.C18H16N2O3.C17H16N2O2.C9H13NO2/c23-14-22-20(21(24)25)19-17(15-8-3-1-4-9-15)12-7-13-18(19)16-10-5-2-6-11-16;1-24-17-9-5-8-15(10-17)16(12-21)11-18(23)19(20-13-22)14-6-3-2-4-7-14;1-22-15-9-5-8-14(10-15)16-11-23-18(20-16)17(19-12-21)13-6-3-2-4-7-13;1-20-14-9-5-8-13(10-14)15-11-21-17(19-15)16(18)12-6-3-2-4-7-12;1-12-8-4-2-3-7(5-8)9(10)6-11/h1-14,20H,(H,22,23)(H,24,25);2-10,13,16,19,21H,11-12H2,1H3,(H,20,22);2-12,17H,1H3,(H,19,21);2-11,16H,18H2,1H3;2-5,9,11H,6,10H2,1H3. The van der Waals surface area contributed by atoms with E-state index in [0.717, 1.165) is 84.1 Å². The molecule has 0 aliphatic rings. The number of hydrogen-bond acceptors (Lipinski definition) is 17. The maximum Gasteiger partial charge on any atom is 0.330 e. The van der Waals surface area contributed by atoms with Crippen LogP contribution in [0.4, 0.5) is 0 Å². The summed E-state index contributed by atoms with van der Waals surface area (Å²) in [4.78, 5) is 66.3. The fourth-order valence-electron chi connectivity index (χ4n) is 11.1. The third kappa shape index (κ3) is 22.4. The van der Waals surface area contributed by atoms with Crippen molar-refractivity contribution in [3.05, 3.63) is 325 Å². The number of nitrogens with zero attached hydrogens (tertiary/aromatic N) is 2. The van der Waals surface area contributed by atoms with Crippen molar-refractivity contribution in [2.75, 3.05) is 41.7 Å². The van der Waals surface area contributed by atoms with E-state index in [1.807, 2.05) is 243 Å². The number of carbonyl (C=O) groups is 5. The van der Waals surface area contributed by atoms with E-state index in [4.69, 9.17) is 44.4 Å². The molecule has 12 rings (SSSR count). The second kappa shape index (κ2) is 41.2. The van der Waals surface area contributed by atoms with Crippen molar-refractivity contribution in [2.45, 2.75) is 42.5 Å². The lowest BCUT2D eigenvalue weighted by molar-refractivity contribution is -0.140. The number of ether oxygens (including phenoxy) is 4. The van der Waals surface area contributed by atoms with Gasteiger partial charge >= 0.3 is 5.97 Å². The lowest BCUT2D eigenvalue weighted by Gasteiger charge is -2.21. The number of oxazole rings is 2. The third-order valence-electron chi connectivity index (χ3n) is 16.5. The lowest BCUT2D eigenvalue weighted by atomic mass is 9.87. The molecule has 12 aromatic rings. The number of carbonyl (C=O) groups excluding carboxylic acids is 4. The zero-order chi connectivity index (χ0) is 74.7. The SMILES string of the molecule is COc1cccc(-c2coc(C(N)c3ccccc3)n2)c1.COc1cccc(-c2coc(C(NC=O)c3ccccc3)n2)c1.COc1cccc(C(CO)CC(=O)C(NC=O)c2ccccc2)c1.COc1cccc(C(N)CO)c1.O=CNC(C(=O)O)c1c(-c2ccccc2)cccc1-c1ccccc1. The van der Waals surface area contributed by atoms with Gasteiger partial charge in [-0.2, -0.15) is 0 Å². The number of ketones is 1. The molecule has 21 heteroatoms. The summed E-state index contributed by atoms with van der Waals surface area (Å²) in [6, 6.07) is 80.0. The second-order valence-corrected chi connectivity index (χ2v) is 23.2. The summed E-state index contributed by atoms with van der Waals surface area (Å²) in [7, 11) is 6.42. The Morgan fingerprint density at radius 2 is 0.810 bits per heavy atom. The van der Waals surface area contributed by atoms with Gasteiger partial charge in [-0.05, 0) is 98.6 Å². The van der Waals surface area contributed by atoms with Gasteiger partial charge < -0.3 is 70.5 Å². The maximum absolute atomic E-state index is 12.7. The first kappa shape index (κ1) is 77.9. The summed E-state index contributed by atoms with van der Waals surface area (Å²) in [5.74, 6) is 2.28. The van der Waals surface area contributed by atoms with Crippen LogP contribution in [0.1, 0.15) is 87.7 Å². The Hall–Kier alpha value is -12.8. The molecule has 10 N–H and O–H groups in total. The van der Waals surface area contributed by atoms with Crippen LogP contribution in [-0.4, -0.2) is 97.9 Å². The lowest BCUT2D eigenvalue weighted by Crippen LogP contribution is -2.29. The molecule has 6 atom stereocenters. The molecule has 0 aliphatic heterocycles. The number of aliphatic hydroxyl groups is 2. The molecular weight excluding hydrogens is 1330 g/mol. The molecule has 2 heterocycles. The van der Waals surface area contributed by atoms with Gasteiger partial charge in [-0.15, -0.1) is 0 Å². The van der Waals surface area contributed by atoms with Crippen LogP contribution in [0.5, 0.6) is 23.0 Å². The minimum absolute atomic E-state index is 0.0484. The van der Waals surface area contributed by atoms with Crippen LogP contribution in [0.2, 0.25) is 0 Å². The minimum atomic E-state index is -1.14. The topological polar surface area (TPSA) is 323 Å². The number of rotatable bonds is 28. The molecule has 0 radical (unpaired) electrons. The number of nitrogens with two attached hydrogens (primary N) is 2. The van der Waals surface area contributed by atoms with Crippen molar-refractivity contribution in [2.24, 2.45) is 11.5 Å². The first-order valence-corrected chi connectivity index (χ1v) is 33.2. The highest BCUT2D eigenvalue weighted by Crippen LogP contribution is 2.38. The Kier molecular flexibility index (Phi) is 30.6. The van der Waals surface area contributed by atoms with Gasteiger partial charge in [-0.1, -0.05) is 218 Å². The molecule has 0 bridgehead atoms. The molecule has 0 fully saturated rings. The van der Waals surface area contributed by atoms with Crippen molar-refractivity contribution in [3.8, 4) is 67.8 Å². The molecule has 0 spiro atoms. The molecule has 0 aliphatic carbocycles. The number of benzene rings is 10. The Balaban J connectivity index is 0.000000168. The number of carboxylic acids is 1. The summed E-state index contributed by atoms with van der Waals surface area (Å²) < 4.78 is 31.8. The van der Waals surface area contributed by atoms with Crippen molar-refractivity contribution < 1.29 is 67.1 Å². The number of hydrogen-bond donors (Lipinski definition) is 8. The number of amides is 3. The zero-order valence-corrected chi connectivity index (χ0v) is 58.3. The van der Waals surface area contributed by atoms with Crippen LogP contribution >= 0.6 is 0 Å². The summed E-state index contributed by atoms with van der Waals surface area (Å²) in [6.07, 6.45) is 4.90. The highest BCUT2D eigenvalue weighted by Gasteiger charge is 2.28. The summed E-state index contributed by atoms with van der Waals surface area (Å²) in [6.45, 7) is -0.214. The number of methoxy groups -OCH3 is 4. The van der Waals surface area contributed by atoms with E-state index in [-0.39, 0.29) is 43.4 Å². The Morgan fingerprint density at radius 1 is 0.429 bits per heavy atom. The van der Waals surface area contributed by atoms with E-state index in [1.165, 1.54) is 0 Å². The van der Waals surface area contributed by atoms with Gasteiger partial charge in [0.25, 0.3) is 0 Å². The highest BCUT2D eigenvalue weighted by atomic mass is 16.5. The van der Waals surface area contributed by atoms with E-state index in [2.05, 4.69) is 25.9 Å². The average Bonchev–Trinajstić information content (AvgIpc) is 1.41. The van der Waals surface area contributed by atoms with Crippen molar-refractivity contribution in [1.82, 2.24) is 25.9 Å². The van der Waals surface area contributed by atoms with E-state index in [9.17, 15) is 34.2 Å². The first-order valence-electron chi connectivity index (χ1n) is 33.2. The van der Waals surface area contributed by atoms with Gasteiger partial charge in [-0.25, -0.2) is 14.8 Å². The molecule has 538 valence electrons. The molecule has 0 saturated heterocycles. The van der Waals surface area contributed by atoms with Gasteiger partial charge in [0.05, 0.1) is 47.7 Å². The zero-order valence-electron chi connectivity index (χ0n) is 58.3. The number of aliphatic hydroxyl groups excluding tert-OH is 2. The largest absolute Gasteiger partial charge is 0.497 e. The van der Waals surface area contributed by atoms with Gasteiger partial charge in [0.1, 0.15) is 65.0 Å². The van der Waals surface area contributed by atoms with Crippen molar-refractivity contribution in [1.29, 1.82) is 0 Å². The maximum atomic E-state index is 12.7. The fourth-order valence-corrected chi connectivity index (χ4v) is 11.1. The smallest absolute Gasteiger partial charge is 0.330 e. The molecule has 3 amide bonds. The fraction of sp³-hybridized carbons (Fsp3) is 0.155. The summed E-state index contributed by atoms with van der Waals surface area (Å²) in [5, 5.41) is 35.9. The molecule has 0 saturated carbocycles. The number of aliphatic carboxylic acids is 1. The van der Waals surface area contributed by atoms with Crippen LogP contribution in [0.25, 0.3) is 44.8 Å². The van der Waals surface area contributed by atoms with Crippen LogP contribution in [0, 0.1) is 0 Å². The molecular formula is C84H83N7O14. The second-order valence-electron chi connectivity index (χ2n) is 23.2. The molecule has 2 aromatic heterocycles. The Morgan fingerprint density at radius 3 is 1.27 bits per heavy atom. The van der Waals surface area contributed by atoms with Crippen LogP contribution in [0.3, 0.4) is 0 Å². The number of Topliss-reactive ketones (excluding diaryl/α,β-unsaturated/α-hetero) is 1. The first-order chi connectivity index (χ1) is 51.3. The Labute approximate surface area is 609 Å². The van der Waals surface area contributed by atoms with E-state index in [0.29, 0.717) is 48.0 Å². The van der Waals surface area contributed by atoms with E-state index in [1.54, 1.807) is 65.2 Å². The molecule has 10 aromatic carbocycles. The summed E-state index contributed by atoms with van der Waals surface area (Å²) >= 11 is 0. The quantitative estimate of drug-likeness (QED) is 0.0211. The van der Waals surface area contributed by atoms with Gasteiger partial charge in [0, 0.05) is 29.0 Å². The predicted molar refractivity (Wildman–Crippen MR) is 402 cm³/mol. The van der Waals surface area contributed by atoms with Gasteiger partial charge in [-0.3, -0.25) is 19.2 Å². The highest BCUT2D eigenvalue weighted by molar-refractivity contribution is 5.89. The van der Waals surface area contributed by atoms with E-state index >= 15 is 0 Å². The summed E-state index contributed by atoms with van der Waals surface area (Å²) in [5.41, 5.74) is 23.3.